The molecule has 0 radical (unpaired) electrons. The van der Waals surface area contributed by atoms with E-state index in [1.54, 1.807) is 24.9 Å². The highest BCUT2D eigenvalue weighted by Crippen LogP contribution is 2.21. The summed E-state index contributed by atoms with van der Waals surface area (Å²) >= 11 is 1.77. The van der Waals surface area contributed by atoms with Crippen LogP contribution in [0.15, 0.2) is 47.1 Å². The summed E-state index contributed by atoms with van der Waals surface area (Å²) in [6, 6.07) is 11.6. The Morgan fingerprint density at radius 2 is 2.00 bits per heavy atom. The van der Waals surface area contributed by atoms with E-state index in [1.807, 2.05) is 36.4 Å². The van der Waals surface area contributed by atoms with E-state index in [9.17, 15) is 4.79 Å². The maximum atomic E-state index is 10.9. The van der Waals surface area contributed by atoms with E-state index in [2.05, 4.69) is 0 Å². The molecule has 0 aliphatic carbocycles. The quantitative estimate of drug-likeness (QED) is 0.869. The Kier molecular flexibility index (Phi) is 4.68. The molecule has 1 N–H and O–H groups in total. The Balaban J connectivity index is 1.86. The molecule has 19 heavy (non-hydrogen) atoms. The average Bonchev–Trinajstić information content (AvgIpc) is 2.92. The second-order valence-corrected chi connectivity index (χ2v) is 5.36. The standard InChI is InChI=1S/C15H16O3S/c1-11(15(16)17)13-6-4-12(5-7-13)9-19-10-14-3-2-8-18-14/h2-8,11H,9-10H2,1H3,(H,16,17). The molecule has 1 unspecified atom stereocenters. The highest BCUT2D eigenvalue weighted by Gasteiger charge is 2.12. The van der Waals surface area contributed by atoms with E-state index >= 15 is 0 Å². The number of furan rings is 1. The fourth-order valence-electron chi connectivity index (χ4n) is 1.71. The first-order chi connectivity index (χ1) is 9.16. The average molecular weight is 276 g/mol. The third-order valence-corrected chi connectivity index (χ3v) is 3.97. The van der Waals surface area contributed by atoms with Gasteiger partial charge in [-0.05, 0) is 30.2 Å². The summed E-state index contributed by atoms with van der Waals surface area (Å²) in [5.74, 6) is 1.47. The maximum absolute atomic E-state index is 10.9. The molecule has 0 saturated carbocycles. The van der Waals surface area contributed by atoms with E-state index in [4.69, 9.17) is 9.52 Å². The number of hydrogen-bond acceptors (Lipinski definition) is 3. The van der Waals surface area contributed by atoms with Crippen molar-refractivity contribution < 1.29 is 14.3 Å². The van der Waals surface area contributed by atoms with Crippen molar-refractivity contribution in [2.24, 2.45) is 0 Å². The third-order valence-electron chi connectivity index (χ3n) is 2.94. The normalized spacial score (nSPS) is 12.3. The van der Waals surface area contributed by atoms with Crippen molar-refractivity contribution in [1.82, 2.24) is 0 Å². The molecule has 0 aliphatic heterocycles. The van der Waals surface area contributed by atoms with Crippen LogP contribution in [0.4, 0.5) is 0 Å². The van der Waals surface area contributed by atoms with Crippen LogP contribution < -0.4 is 0 Å². The van der Waals surface area contributed by atoms with Gasteiger partial charge in [0.2, 0.25) is 0 Å². The van der Waals surface area contributed by atoms with Crippen LogP contribution >= 0.6 is 11.8 Å². The predicted octanol–water partition coefficient (Wildman–Crippen LogP) is 3.90. The Bertz CT molecular complexity index is 517. The van der Waals surface area contributed by atoms with Crippen LogP contribution in [0.5, 0.6) is 0 Å². The topological polar surface area (TPSA) is 50.4 Å². The highest BCUT2D eigenvalue weighted by atomic mass is 32.2. The smallest absolute Gasteiger partial charge is 0.310 e. The summed E-state index contributed by atoms with van der Waals surface area (Å²) in [5.41, 5.74) is 2.03. The molecule has 0 fully saturated rings. The zero-order valence-corrected chi connectivity index (χ0v) is 11.5. The van der Waals surface area contributed by atoms with Gasteiger partial charge in [-0.2, -0.15) is 0 Å². The zero-order chi connectivity index (χ0) is 13.7. The summed E-state index contributed by atoms with van der Waals surface area (Å²) in [6.07, 6.45) is 1.68. The van der Waals surface area contributed by atoms with Crippen molar-refractivity contribution in [1.29, 1.82) is 0 Å². The first-order valence-electron chi connectivity index (χ1n) is 6.08. The van der Waals surface area contributed by atoms with Gasteiger partial charge in [-0.15, -0.1) is 11.8 Å². The fraction of sp³-hybridized carbons (Fsp3) is 0.267. The molecule has 100 valence electrons. The Labute approximate surface area is 116 Å². The summed E-state index contributed by atoms with van der Waals surface area (Å²) in [6.45, 7) is 1.70. The molecule has 1 aromatic heterocycles. The molecule has 0 amide bonds. The zero-order valence-electron chi connectivity index (χ0n) is 10.7. The monoisotopic (exact) mass is 276 g/mol. The lowest BCUT2D eigenvalue weighted by Crippen LogP contribution is -2.07. The Morgan fingerprint density at radius 1 is 1.26 bits per heavy atom. The van der Waals surface area contributed by atoms with Gasteiger partial charge in [0.25, 0.3) is 0 Å². The minimum Gasteiger partial charge on any atom is -0.481 e. The number of rotatable bonds is 6. The molecule has 1 aromatic carbocycles. The van der Waals surface area contributed by atoms with Crippen molar-refractivity contribution in [3.05, 3.63) is 59.5 Å². The molecule has 0 saturated heterocycles. The van der Waals surface area contributed by atoms with Crippen molar-refractivity contribution in [2.75, 3.05) is 0 Å². The summed E-state index contributed by atoms with van der Waals surface area (Å²) in [5, 5.41) is 8.94. The third kappa shape index (κ3) is 3.89. The number of thioether (sulfide) groups is 1. The van der Waals surface area contributed by atoms with Gasteiger partial charge < -0.3 is 9.52 Å². The van der Waals surface area contributed by atoms with E-state index in [-0.39, 0.29) is 0 Å². The molecule has 2 rings (SSSR count). The summed E-state index contributed by atoms with van der Waals surface area (Å²) in [7, 11) is 0. The summed E-state index contributed by atoms with van der Waals surface area (Å²) < 4.78 is 5.26. The first-order valence-corrected chi connectivity index (χ1v) is 7.24. The number of carbonyl (C=O) groups is 1. The van der Waals surface area contributed by atoms with Crippen LogP contribution in [-0.4, -0.2) is 11.1 Å². The van der Waals surface area contributed by atoms with Gasteiger partial charge >= 0.3 is 5.97 Å². The molecular formula is C15H16O3S. The number of aliphatic carboxylic acids is 1. The first kappa shape index (κ1) is 13.7. The lowest BCUT2D eigenvalue weighted by molar-refractivity contribution is -0.138. The molecule has 1 atom stereocenters. The largest absolute Gasteiger partial charge is 0.481 e. The van der Waals surface area contributed by atoms with Gasteiger partial charge in [-0.1, -0.05) is 24.3 Å². The van der Waals surface area contributed by atoms with Crippen molar-refractivity contribution >= 4 is 17.7 Å². The van der Waals surface area contributed by atoms with Gasteiger partial charge in [0.15, 0.2) is 0 Å². The minimum absolute atomic E-state index is 0.454. The van der Waals surface area contributed by atoms with Crippen molar-refractivity contribution in [2.45, 2.75) is 24.3 Å². The van der Waals surface area contributed by atoms with E-state index < -0.39 is 11.9 Å². The fourth-order valence-corrected chi connectivity index (χ4v) is 2.60. The van der Waals surface area contributed by atoms with E-state index in [1.165, 1.54) is 5.56 Å². The second-order valence-electron chi connectivity index (χ2n) is 4.37. The van der Waals surface area contributed by atoms with Gasteiger partial charge in [0.05, 0.1) is 17.9 Å². The molecule has 0 bridgehead atoms. The molecule has 3 nitrogen and oxygen atoms in total. The second kappa shape index (κ2) is 6.48. The van der Waals surface area contributed by atoms with Crippen molar-refractivity contribution in [3.8, 4) is 0 Å². The van der Waals surface area contributed by atoms with E-state index in [0.29, 0.717) is 0 Å². The predicted molar refractivity (Wildman–Crippen MR) is 76.2 cm³/mol. The number of carboxylic acids is 1. The number of carboxylic acid groups (broad SMARTS) is 1. The maximum Gasteiger partial charge on any atom is 0.310 e. The molecule has 1 heterocycles. The molecule has 0 spiro atoms. The molecule has 0 aliphatic rings. The lowest BCUT2D eigenvalue weighted by atomic mass is 10.0. The van der Waals surface area contributed by atoms with Crippen LogP contribution in [0, 0.1) is 0 Å². The van der Waals surface area contributed by atoms with Crippen LogP contribution in [0.25, 0.3) is 0 Å². The summed E-state index contributed by atoms with van der Waals surface area (Å²) in [4.78, 5) is 10.9. The van der Waals surface area contributed by atoms with E-state index in [0.717, 1.165) is 22.8 Å². The Hall–Kier alpha value is -1.68. The van der Waals surface area contributed by atoms with Crippen LogP contribution in [0.3, 0.4) is 0 Å². The Morgan fingerprint density at radius 3 is 2.58 bits per heavy atom. The minimum atomic E-state index is -0.792. The van der Waals surface area contributed by atoms with Gasteiger partial charge in [-0.25, -0.2) is 0 Å². The van der Waals surface area contributed by atoms with Crippen LogP contribution in [0.1, 0.15) is 29.7 Å². The molecular weight excluding hydrogens is 260 g/mol. The van der Waals surface area contributed by atoms with Gasteiger partial charge in [0, 0.05) is 5.75 Å². The lowest BCUT2D eigenvalue weighted by Gasteiger charge is -2.07. The SMILES string of the molecule is CC(C(=O)O)c1ccc(CSCc2ccco2)cc1. The molecule has 2 aromatic rings. The van der Waals surface area contributed by atoms with Crippen LogP contribution in [0.2, 0.25) is 0 Å². The highest BCUT2D eigenvalue weighted by molar-refractivity contribution is 7.97. The van der Waals surface area contributed by atoms with Crippen LogP contribution in [-0.2, 0) is 16.3 Å². The van der Waals surface area contributed by atoms with Crippen molar-refractivity contribution in [3.63, 3.8) is 0 Å². The van der Waals surface area contributed by atoms with Gasteiger partial charge in [0.1, 0.15) is 5.76 Å². The van der Waals surface area contributed by atoms with Gasteiger partial charge in [-0.3, -0.25) is 4.79 Å². The molecule has 4 heteroatoms. The number of hydrogen-bond donors (Lipinski definition) is 1. The number of benzene rings is 1.